The van der Waals surface area contributed by atoms with Gasteiger partial charge in [0.05, 0.1) is 5.56 Å². The van der Waals surface area contributed by atoms with E-state index in [0.717, 1.165) is 5.56 Å². The maximum Gasteiger partial charge on any atom is 0.338 e. The molecule has 0 aliphatic carbocycles. The van der Waals surface area contributed by atoms with E-state index in [0.29, 0.717) is 16.7 Å². The maximum atomic E-state index is 12.2. The molecule has 3 aromatic carbocycles. The number of carbonyl (C=O) groups is 2. The summed E-state index contributed by atoms with van der Waals surface area (Å²) in [5.74, 6) is -0.865. The minimum Gasteiger partial charge on any atom is -0.454 e. The summed E-state index contributed by atoms with van der Waals surface area (Å²) in [4.78, 5) is 24.3. The average Bonchev–Trinajstić information content (AvgIpc) is 2.72. The Labute approximate surface area is 151 Å². The van der Waals surface area contributed by atoms with Crippen LogP contribution < -0.4 is 0 Å². The second-order valence-corrected chi connectivity index (χ2v) is 5.80. The van der Waals surface area contributed by atoms with E-state index in [-0.39, 0.29) is 12.4 Å². The van der Waals surface area contributed by atoms with Gasteiger partial charge in [0.15, 0.2) is 12.4 Å². The van der Waals surface area contributed by atoms with Crippen molar-refractivity contribution < 1.29 is 19.4 Å². The Morgan fingerprint density at radius 2 is 1.35 bits per heavy atom. The van der Waals surface area contributed by atoms with Gasteiger partial charge in [-0.05, 0) is 23.3 Å². The first kappa shape index (κ1) is 17.6. The number of aliphatic hydroxyl groups excluding tert-OH is 1. The Bertz CT molecular complexity index is 888. The quantitative estimate of drug-likeness (QED) is 0.544. The largest absolute Gasteiger partial charge is 0.454 e. The van der Waals surface area contributed by atoms with E-state index in [2.05, 4.69) is 0 Å². The van der Waals surface area contributed by atoms with Gasteiger partial charge in [0, 0.05) is 5.56 Å². The van der Waals surface area contributed by atoms with Gasteiger partial charge in [-0.1, -0.05) is 72.8 Å². The molecule has 4 nitrogen and oxygen atoms in total. The highest BCUT2D eigenvalue weighted by molar-refractivity contribution is 5.99. The lowest BCUT2D eigenvalue weighted by molar-refractivity contribution is 0.0474. The third-order valence-electron chi connectivity index (χ3n) is 3.98. The second-order valence-electron chi connectivity index (χ2n) is 5.80. The molecule has 0 spiro atoms. The van der Waals surface area contributed by atoms with Crippen LogP contribution in [0.25, 0.3) is 0 Å². The molecule has 1 atom stereocenters. The van der Waals surface area contributed by atoms with Crippen molar-refractivity contribution in [2.45, 2.75) is 6.10 Å². The lowest BCUT2D eigenvalue weighted by Crippen LogP contribution is -2.14. The summed E-state index contributed by atoms with van der Waals surface area (Å²) < 4.78 is 5.11. The number of ketones is 1. The van der Waals surface area contributed by atoms with E-state index in [1.54, 1.807) is 48.5 Å². The van der Waals surface area contributed by atoms with Crippen LogP contribution in [-0.4, -0.2) is 23.5 Å². The molecule has 130 valence electrons. The summed E-state index contributed by atoms with van der Waals surface area (Å²) in [7, 11) is 0. The van der Waals surface area contributed by atoms with Crippen molar-refractivity contribution in [1.82, 2.24) is 0 Å². The van der Waals surface area contributed by atoms with Crippen molar-refractivity contribution in [3.05, 3.63) is 107 Å². The first-order valence-electron chi connectivity index (χ1n) is 8.23. The van der Waals surface area contributed by atoms with Gasteiger partial charge >= 0.3 is 5.97 Å². The number of ether oxygens (including phenoxy) is 1. The summed E-state index contributed by atoms with van der Waals surface area (Å²) in [6.07, 6.45) is -0.838. The number of benzene rings is 3. The van der Waals surface area contributed by atoms with Gasteiger partial charge in [-0.3, -0.25) is 4.79 Å². The lowest BCUT2D eigenvalue weighted by Gasteiger charge is -2.12. The number of aliphatic hydroxyl groups is 1. The number of rotatable bonds is 6. The molecule has 3 rings (SSSR count). The molecule has 0 amide bonds. The van der Waals surface area contributed by atoms with Gasteiger partial charge in [-0.15, -0.1) is 0 Å². The van der Waals surface area contributed by atoms with E-state index >= 15 is 0 Å². The lowest BCUT2D eigenvalue weighted by atomic mass is 10.00. The summed E-state index contributed by atoms with van der Waals surface area (Å²) in [5, 5.41) is 10.5. The second kappa shape index (κ2) is 8.23. The molecule has 0 aliphatic rings. The molecule has 4 heteroatoms. The van der Waals surface area contributed by atoms with Gasteiger partial charge < -0.3 is 9.84 Å². The summed E-state index contributed by atoms with van der Waals surface area (Å²) >= 11 is 0. The summed E-state index contributed by atoms with van der Waals surface area (Å²) in [6, 6.07) is 24.4. The predicted molar refractivity (Wildman–Crippen MR) is 98.0 cm³/mol. The molecule has 0 heterocycles. The highest BCUT2D eigenvalue weighted by atomic mass is 16.5. The Morgan fingerprint density at radius 3 is 2.04 bits per heavy atom. The third kappa shape index (κ3) is 4.23. The minimum absolute atomic E-state index is 0.264. The normalized spacial score (nSPS) is 11.6. The van der Waals surface area contributed by atoms with Crippen molar-refractivity contribution in [3.8, 4) is 0 Å². The highest BCUT2D eigenvalue weighted by Gasteiger charge is 2.15. The van der Waals surface area contributed by atoms with Crippen LogP contribution in [-0.2, 0) is 4.74 Å². The van der Waals surface area contributed by atoms with Crippen molar-refractivity contribution in [2.75, 3.05) is 6.61 Å². The fourth-order valence-electron chi connectivity index (χ4n) is 2.59. The number of hydrogen-bond acceptors (Lipinski definition) is 4. The highest BCUT2D eigenvalue weighted by Crippen LogP contribution is 2.22. The zero-order valence-electron chi connectivity index (χ0n) is 14.0. The van der Waals surface area contributed by atoms with Crippen LogP contribution in [0.2, 0.25) is 0 Å². The summed E-state index contributed by atoms with van der Waals surface area (Å²) in [5.41, 5.74) is 2.10. The molecule has 1 N–H and O–H groups in total. The third-order valence-corrected chi connectivity index (χ3v) is 3.98. The van der Waals surface area contributed by atoms with Gasteiger partial charge in [0.25, 0.3) is 0 Å². The molecule has 0 aliphatic heterocycles. The maximum absolute atomic E-state index is 12.2. The SMILES string of the molecule is O=C(COC(=O)c1cccc(C(O)c2ccccc2)c1)c1ccccc1. The zero-order chi connectivity index (χ0) is 18.4. The smallest absolute Gasteiger partial charge is 0.338 e. The van der Waals surface area contributed by atoms with Crippen LogP contribution in [0.5, 0.6) is 0 Å². The number of esters is 1. The number of hydrogen-bond donors (Lipinski definition) is 1. The van der Waals surface area contributed by atoms with E-state index in [4.69, 9.17) is 4.74 Å². The standard InChI is InChI=1S/C22H18O4/c23-20(16-8-3-1-4-9-16)15-26-22(25)19-13-7-12-18(14-19)21(24)17-10-5-2-6-11-17/h1-14,21,24H,15H2. The molecular formula is C22H18O4. The van der Waals surface area contributed by atoms with E-state index in [1.807, 2.05) is 36.4 Å². The van der Waals surface area contributed by atoms with Gasteiger partial charge in [0.2, 0.25) is 0 Å². The molecular weight excluding hydrogens is 328 g/mol. The van der Waals surface area contributed by atoms with Crippen LogP contribution in [0.4, 0.5) is 0 Å². The summed E-state index contributed by atoms with van der Waals surface area (Å²) in [6.45, 7) is -0.325. The average molecular weight is 346 g/mol. The molecule has 3 aromatic rings. The van der Waals surface area contributed by atoms with Crippen LogP contribution in [0, 0.1) is 0 Å². The fourth-order valence-corrected chi connectivity index (χ4v) is 2.59. The van der Waals surface area contributed by atoms with Gasteiger partial charge in [-0.2, -0.15) is 0 Å². The zero-order valence-corrected chi connectivity index (χ0v) is 14.0. The molecule has 0 bridgehead atoms. The van der Waals surface area contributed by atoms with Crippen LogP contribution in [0.1, 0.15) is 37.9 Å². The Hall–Kier alpha value is -3.24. The van der Waals surface area contributed by atoms with Gasteiger partial charge in [-0.25, -0.2) is 4.79 Å². The number of Topliss-reactive ketones (excluding diaryl/α,β-unsaturated/α-hetero) is 1. The Morgan fingerprint density at radius 1 is 0.769 bits per heavy atom. The number of carbonyl (C=O) groups excluding carboxylic acids is 2. The van der Waals surface area contributed by atoms with Crippen molar-refractivity contribution in [3.63, 3.8) is 0 Å². The fraction of sp³-hybridized carbons (Fsp3) is 0.0909. The van der Waals surface area contributed by atoms with Gasteiger partial charge in [0.1, 0.15) is 6.10 Å². The topological polar surface area (TPSA) is 63.6 Å². The van der Waals surface area contributed by atoms with Crippen molar-refractivity contribution in [2.24, 2.45) is 0 Å². The molecule has 0 saturated carbocycles. The predicted octanol–water partition coefficient (Wildman–Crippen LogP) is 3.81. The van der Waals surface area contributed by atoms with E-state index < -0.39 is 12.1 Å². The molecule has 0 fully saturated rings. The van der Waals surface area contributed by atoms with E-state index in [1.165, 1.54) is 0 Å². The van der Waals surface area contributed by atoms with E-state index in [9.17, 15) is 14.7 Å². The molecule has 0 radical (unpaired) electrons. The monoisotopic (exact) mass is 346 g/mol. The van der Waals surface area contributed by atoms with Crippen molar-refractivity contribution in [1.29, 1.82) is 0 Å². The Kier molecular flexibility index (Phi) is 5.56. The van der Waals surface area contributed by atoms with Crippen LogP contribution in [0.15, 0.2) is 84.9 Å². The molecule has 26 heavy (non-hydrogen) atoms. The van der Waals surface area contributed by atoms with Crippen LogP contribution in [0.3, 0.4) is 0 Å². The Balaban J connectivity index is 1.68. The van der Waals surface area contributed by atoms with Crippen molar-refractivity contribution >= 4 is 11.8 Å². The molecule has 0 aromatic heterocycles. The first-order valence-corrected chi connectivity index (χ1v) is 8.23. The minimum atomic E-state index is -0.838. The molecule has 1 unspecified atom stereocenters. The molecule has 0 saturated heterocycles. The first-order chi connectivity index (χ1) is 12.6. The van der Waals surface area contributed by atoms with Crippen LogP contribution >= 0.6 is 0 Å².